The number of hydrogen-bond acceptors (Lipinski definition) is 2. The van der Waals surface area contributed by atoms with Crippen LogP contribution in [0.2, 0.25) is 0 Å². The second-order valence-electron chi connectivity index (χ2n) is 5.74. The normalized spacial score (nSPS) is 11.3. The van der Waals surface area contributed by atoms with Crippen molar-refractivity contribution in [1.82, 2.24) is 4.98 Å². The van der Waals surface area contributed by atoms with Crippen molar-refractivity contribution in [3.63, 3.8) is 0 Å². The van der Waals surface area contributed by atoms with E-state index in [9.17, 15) is 9.60 Å². The van der Waals surface area contributed by atoms with Crippen LogP contribution < -0.4 is 4.73 Å². The molecule has 0 spiro atoms. The Morgan fingerprint density at radius 2 is 1.68 bits per heavy atom. The molecule has 3 rings (SSSR count). The fourth-order valence-electron chi connectivity index (χ4n) is 2.56. The molecule has 3 aromatic rings. The van der Waals surface area contributed by atoms with E-state index in [1.807, 2.05) is 32.0 Å². The number of hydrogen-bond donors (Lipinski definition) is 0. The molecule has 3 nitrogen and oxygen atoms in total. The molecule has 0 amide bonds. The quantitative estimate of drug-likeness (QED) is 0.527. The van der Waals surface area contributed by atoms with Crippen molar-refractivity contribution >= 4 is 10.9 Å². The first-order valence-corrected chi connectivity index (χ1v) is 7.27. The van der Waals surface area contributed by atoms with Gasteiger partial charge < -0.3 is 5.21 Å². The molecule has 0 saturated heterocycles. The van der Waals surface area contributed by atoms with Crippen molar-refractivity contribution in [2.24, 2.45) is 0 Å². The molecule has 0 aliphatic rings. The predicted octanol–water partition coefficient (Wildman–Crippen LogP) is 4.11. The predicted molar refractivity (Wildman–Crippen MR) is 84.9 cm³/mol. The fraction of sp³-hybridized carbons (Fsp3) is 0.222. The van der Waals surface area contributed by atoms with Gasteiger partial charge in [-0.3, -0.25) is 0 Å². The molecule has 0 aliphatic heterocycles. The van der Waals surface area contributed by atoms with Gasteiger partial charge in [0, 0.05) is 0 Å². The van der Waals surface area contributed by atoms with Crippen molar-refractivity contribution in [1.29, 1.82) is 0 Å². The zero-order valence-electron chi connectivity index (χ0n) is 12.8. The Balaban J connectivity index is 2.20. The van der Waals surface area contributed by atoms with Gasteiger partial charge in [-0.1, -0.05) is 26.0 Å². The molecule has 1 aromatic heterocycles. The van der Waals surface area contributed by atoms with Gasteiger partial charge in [-0.2, -0.15) is 0 Å². The van der Waals surface area contributed by atoms with E-state index in [1.165, 1.54) is 12.1 Å². The number of fused-ring (bicyclic) bond motifs is 1. The van der Waals surface area contributed by atoms with E-state index in [0.29, 0.717) is 11.5 Å². The summed E-state index contributed by atoms with van der Waals surface area (Å²) < 4.78 is 13.9. The summed E-state index contributed by atoms with van der Waals surface area (Å²) in [6, 6.07) is 12.1. The Morgan fingerprint density at radius 1 is 1.05 bits per heavy atom. The van der Waals surface area contributed by atoms with Crippen LogP contribution in [0.3, 0.4) is 0 Å². The minimum absolute atomic E-state index is 0.0670. The maximum atomic E-state index is 13.0. The van der Waals surface area contributed by atoms with Gasteiger partial charge in [-0.05, 0) is 53.4 Å². The molecular weight excluding hydrogens is 279 g/mol. The SMILES string of the molecule is Cc1c2cc(-c3ccc(F)cc3)ccc2nc(C(C)C)[n+]1[O-]. The summed E-state index contributed by atoms with van der Waals surface area (Å²) in [5, 5.41) is 13.1. The number of aromatic nitrogens is 2. The van der Waals surface area contributed by atoms with Gasteiger partial charge in [-0.15, -0.1) is 0 Å². The van der Waals surface area contributed by atoms with Gasteiger partial charge in [0.2, 0.25) is 0 Å². The van der Waals surface area contributed by atoms with Crippen LogP contribution >= 0.6 is 0 Å². The van der Waals surface area contributed by atoms with E-state index in [-0.39, 0.29) is 11.7 Å². The molecule has 0 N–H and O–H groups in total. The van der Waals surface area contributed by atoms with Crippen molar-refractivity contribution in [2.75, 3.05) is 0 Å². The molecule has 22 heavy (non-hydrogen) atoms. The van der Waals surface area contributed by atoms with Gasteiger partial charge >= 0.3 is 5.82 Å². The Labute approximate surface area is 128 Å². The summed E-state index contributed by atoms with van der Waals surface area (Å²) in [5.74, 6) is 0.332. The number of halogens is 1. The smallest absolute Gasteiger partial charge is 0.304 e. The first-order chi connectivity index (χ1) is 10.5. The van der Waals surface area contributed by atoms with Crippen LogP contribution in [-0.4, -0.2) is 4.98 Å². The fourth-order valence-corrected chi connectivity index (χ4v) is 2.56. The summed E-state index contributed by atoms with van der Waals surface area (Å²) in [6.07, 6.45) is 0. The highest BCUT2D eigenvalue weighted by Gasteiger charge is 2.18. The molecule has 0 radical (unpaired) electrons. The average Bonchev–Trinajstić information content (AvgIpc) is 2.51. The molecule has 1 heterocycles. The molecule has 0 unspecified atom stereocenters. The van der Waals surface area contributed by atoms with Crippen LogP contribution in [0, 0.1) is 17.9 Å². The molecule has 0 saturated carbocycles. The maximum Gasteiger partial charge on any atom is 0.304 e. The summed E-state index contributed by atoms with van der Waals surface area (Å²) in [4.78, 5) is 4.47. The summed E-state index contributed by atoms with van der Waals surface area (Å²) in [6.45, 7) is 5.71. The van der Waals surface area contributed by atoms with Crippen molar-refractivity contribution in [3.05, 3.63) is 65.0 Å². The van der Waals surface area contributed by atoms with Crippen molar-refractivity contribution < 1.29 is 9.12 Å². The van der Waals surface area contributed by atoms with Gasteiger partial charge in [0.25, 0.3) is 0 Å². The Hall–Kier alpha value is -2.49. The molecule has 0 bridgehead atoms. The van der Waals surface area contributed by atoms with Gasteiger partial charge in [-0.25, -0.2) is 9.12 Å². The molecule has 0 fully saturated rings. The molecule has 4 heteroatoms. The molecule has 0 aliphatic carbocycles. The van der Waals surface area contributed by atoms with Crippen LogP contribution in [0.15, 0.2) is 42.5 Å². The second-order valence-corrected chi connectivity index (χ2v) is 5.74. The Kier molecular flexibility index (Phi) is 3.53. The van der Waals surface area contributed by atoms with Crippen molar-refractivity contribution in [3.8, 4) is 11.1 Å². The molecule has 2 aromatic carbocycles. The Bertz CT molecular complexity index is 842. The molecule has 112 valence electrons. The van der Waals surface area contributed by atoms with E-state index in [2.05, 4.69) is 4.98 Å². The van der Waals surface area contributed by atoms with E-state index in [4.69, 9.17) is 0 Å². The molecular formula is C18H17FN2O. The largest absolute Gasteiger partial charge is 0.711 e. The lowest BCUT2D eigenvalue weighted by molar-refractivity contribution is -0.623. The monoisotopic (exact) mass is 296 g/mol. The van der Waals surface area contributed by atoms with Gasteiger partial charge in [0.15, 0.2) is 5.52 Å². The third-order valence-corrected chi connectivity index (χ3v) is 3.83. The lowest BCUT2D eigenvalue weighted by Crippen LogP contribution is -2.37. The van der Waals surface area contributed by atoms with Crippen LogP contribution in [0.25, 0.3) is 22.0 Å². The highest BCUT2D eigenvalue weighted by Crippen LogP contribution is 2.25. The first kappa shape index (κ1) is 14.4. The van der Waals surface area contributed by atoms with Crippen LogP contribution in [-0.2, 0) is 0 Å². The summed E-state index contributed by atoms with van der Waals surface area (Å²) >= 11 is 0. The number of nitrogens with zero attached hydrogens (tertiary/aromatic N) is 2. The van der Waals surface area contributed by atoms with Crippen LogP contribution in [0.4, 0.5) is 4.39 Å². The van der Waals surface area contributed by atoms with Gasteiger partial charge in [0.1, 0.15) is 11.5 Å². The zero-order chi connectivity index (χ0) is 15.9. The number of rotatable bonds is 2. The molecule has 0 atom stereocenters. The van der Waals surface area contributed by atoms with E-state index in [1.54, 1.807) is 19.1 Å². The minimum atomic E-state index is -0.263. The highest BCUT2D eigenvalue weighted by atomic mass is 19.1. The third kappa shape index (κ3) is 2.41. The maximum absolute atomic E-state index is 13.0. The summed E-state index contributed by atoms with van der Waals surface area (Å²) in [5.41, 5.74) is 3.29. The topological polar surface area (TPSA) is 39.8 Å². The summed E-state index contributed by atoms with van der Waals surface area (Å²) in [7, 11) is 0. The lowest BCUT2D eigenvalue weighted by atomic mass is 10.0. The van der Waals surface area contributed by atoms with E-state index in [0.717, 1.165) is 26.8 Å². The van der Waals surface area contributed by atoms with E-state index < -0.39 is 0 Å². The first-order valence-electron chi connectivity index (χ1n) is 7.27. The zero-order valence-corrected chi connectivity index (χ0v) is 12.8. The van der Waals surface area contributed by atoms with Crippen LogP contribution in [0.5, 0.6) is 0 Å². The highest BCUT2D eigenvalue weighted by molar-refractivity contribution is 5.85. The van der Waals surface area contributed by atoms with Crippen LogP contribution in [0.1, 0.15) is 31.3 Å². The average molecular weight is 296 g/mol. The van der Waals surface area contributed by atoms with E-state index >= 15 is 0 Å². The van der Waals surface area contributed by atoms with Gasteiger partial charge in [0.05, 0.1) is 11.3 Å². The third-order valence-electron chi connectivity index (χ3n) is 3.83. The number of aryl methyl sites for hydroxylation is 1. The second kappa shape index (κ2) is 5.37. The lowest BCUT2D eigenvalue weighted by Gasteiger charge is -2.13. The minimum Gasteiger partial charge on any atom is -0.711 e. The van der Waals surface area contributed by atoms with Crippen molar-refractivity contribution in [2.45, 2.75) is 26.7 Å². The number of benzene rings is 2. The Morgan fingerprint density at radius 3 is 2.32 bits per heavy atom. The standard InChI is InChI=1S/C18H17FN2O/c1-11(2)18-20-17-9-6-14(10-16(17)12(3)21(18)22)13-4-7-15(19)8-5-13/h4-11H,1-3H3.